The third-order valence-corrected chi connectivity index (χ3v) is 11.6. The van der Waals surface area contributed by atoms with Crippen LogP contribution in [0, 0.1) is 13.8 Å². The van der Waals surface area contributed by atoms with Crippen LogP contribution in [0.1, 0.15) is 98.4 Å². The molecular weight excluding hydrogens is 709 g/mol. The number of hydrogen-bond acceptors (Lipinski definition) is 8. The molecule has 12 heteroatoms. The molecule has 298 valence electrons. The molecule has 0 aromatic carbocycles. The number of esters is 2. The molecule has 2 amide bonds. The Morgan fingerprint density at radius 1 is 0.643 bits per heavy atom. The van der Waals surface area contributed by atoms with Gasteiger partial charge in [-0.15, -0.1) is 0 Å². The number of carbonyl (C=O) groups excluding carboxylic acids is 4. The van der Waals surface area contributed by atoms with E-state index in [9.17, 15) is 19.2 Å². The zero-order chi connectivity index (χ0) is 41.3. The van der Waals surface area contributed by atoms with Gasteiger partial charge in [-0.3, -0.25) is 29.1 Å². The van der Waals surface area contributed by atoms with Crippen LogP contribution in [0.4, 0.5) is 0 Å². The molecule has 5 rings (SSSR count). The molecule has 8 bridgehead atoms. The van der Waals surface area contributed by atoms with Crippen molar-refractivity contribution >= 4 is 57.0 Å². The number of nitrogens with one attached hydrogen (secondary N) is 2. The Balaban J connectivity index is 1.99. The van der Waals surface area contributed by atoms with Crippen LogP contribution in [0.5, 0.6) is 0 Å². The normalized spacial score (nSPS) is 19.3. The number of nitrogens with zero attached hydrogens (tertiary/aromatic N) is 4. The molecule has 2 aliphatic heterocycles. The maximum atomic E-state index is 13.5. The highest BCUT2D eigenvalue weighted by molar-refractivity contribution is 5.89. The second kappa shape index (κ2) is 16.3. The standard InChI is InChI=1S/C44H56N6O6/c1-13-29-35-19-31-25(3)27(15-17-41(53)55-11)33(45-31)20-34-28(16-18-42(54)56-12)26(4)32(46-34)21-37-44(6,24-40(52)50(9)10)30(14-2)36(48-37)22-38(47-35)43(29,5)23-39(51)49(7)8/h13-14,19-22,45-46H,15-18,23-24H2,1-12H3/b29-13+,30-14+,31-19?,32-21?,33-20?,34-20?,35-19?,36-22?,37-21?,38-22?/t43-,44+/m0/s1. The second-order valence-electron chi connectivity index (χ2n) is 15.6. The minimum absolute atomic E-state index is 0.0412. The average Bonchev–Trinajstić information content (AvgIpc) is 3.78. The number of allylic oxidation sites excluding steroid dienone is 4. The molecule has 56 heavy (non-hydrogen) atoms. The van der Waals surface area contributed by atoms with Gasteiger partial charge in [0.05, 0.1) is 37.0 Å². The summed E-state index contributed by atoms with van der Waals surface area (Å²) >= 11 is 0. The minimum atomic E-state index is -0.813. The summed E-state index contributed by atoms with van der Waals surface area (Å²) in [5, 5.41) is 0. The van der Waals surface area contributed by atoms with E-state index < -0.39 is 10.8 Å². The lowest BCUT2D eigenvalue weighted by molar-refractivity contribution is -0.141. The van der Waals surface area contributed by atoms with E-state index in [-0.39, 0.29) is 49.4 Å². The third-order valence-electron chi connectivity index (χ3n) is 11.6. The van der Waals surface area contributed by atoms with Crippen molar-refractivity contribution in [3.05, 3.63) is 81.4 Å². The summed E-state index contributed by atoms with van der Waals surface area (Å²) in [5.41, 5.74) is 9.87. The number of fused-ring (bicyclic) bond motifs is 8. The number of H-pyrrole nitrogens is 2. The lowest BCUT2D eigenvalue weighted by Gasteiger charge is -2.28. The zero-order valence-corrected chi connectivity index (χ0v) is 34.9. The third kappa shape index (κ3) is 7.79. The number of carbonyl (C=O) groups is 4. The van der Waals surface area contributed by atoms with E-state index in [1.165, 1.54) is 14.2 Å². The fraction of sp³-hybridized carbons (Fsp3) is 0.455. The van der Waals surface area contributed by atoms with Gasteiger partial charge in [0.1, 0.15) is 0 Å². The van der Waals surface area contributed by atoms with Gasteiger partial charge in [0.25, 0.3) is 0 Å². The first kappa shape index (κ1) is 41.6. The SMILES string of the molecule is C/C=C1\c2cc3[nH]c(cc4[nH]c(cc5nc(cc(n2)[C@@]1(C)CC(=O)N(C)C)/C(=C\C)[C@@]5(C)CC(=O)N(C)C)c(C)c4CCC(=O)OC)c(CCC(=O)OC)c3C. The number of methoxy groups -OCH3 is 2. The van der Waals surface area contributed by atoms with E-state index in [0.29, 0.717) is 35.6 Å². The minimum Gasteiger partial charge on any atom is -0.469 e. The molecule has 0 aliphatic carbocycles. The maximum absolute atomic E-state index is 13.5. The highest BCUT2D eigenvalue weighted by Gasteiger charge is 2.44. The molecule has 0 fully saturated rings. The Hall–Kier alpha value is -5.52. The summed E-state index contributed by atoms with van der Waals surface area (Å²) in [5.74, 6) is -0.722. The number of rotatable bonds is 10. The number of amides is 2. The molecule has 0 radical (unpaired) electrons. The van der Waals surface area contributed by atoms with Crippen molar-refractivity contribution in [2.75, 3.05) is 42.4 Å². The van der Waals surface area contributed by atoms with Crippen LogP contribution in [0.25, 0.3) is 33.2 Å². The molecule has 2 atom stereocenters. The zero-order valence-electron chi connectivity index (χ0n) is 34.9. The molecule has 12 nitrogen and oxygen atoms in total. The Kier molecular flexibility index (Phi) is 12.1. The van der Waals surface area contributed by atoms with Crippen LogP contribution in [0.2, 0.25) is 0 Å². The summed E-state index contributed by atoms with van der Waals surface area (Å²) in [4.78, 5) is 72.9. The Labute approximate surface area is 329 Å². The number of aromatic nitrogens is 4. The van der Waals surface area contributed by atoms with Crippen molar-refractivity contribution in [1.29, 1.82) is 0 Å². The molecule has 3 aromatic heterocycles. The van der Waals surface area contributed by atoms with Gasteiger partial charge in [0, 0.05) is 86.8 Å². The predicted octanol–water partition coefficient (Wildman–Crippen LogP) is 6.82. The number of aromatic amines is 2. The maximum Gasteiger partial charge on any atom is 0.305 e. The quantitative estimate of drug-likeness (QED) is 0.214. The summed E-state index contributed by atoms with van der Waals surface area (Å²) in [7, 11) is 9.77. The largest absolute Gasteiger partial charge is 0.469 e. The van der Waals surface area contributed by atoms with E-state index in [2.05, 4.69) is 9.97 Å². The Bertz CT molecular complexity index is 2310. The van der Waals surface area contributed by atoms with Gasteiger partial charge in [0.15, 0.2) is 0 Å². The molecule has 0 saturated carbocycles. The lowest BCUT2D eigenvalue weighted by Crippen LogP contribution is -2.32. The average molecular weight is 765 g/mol. The highest BCUT2D eigenvalue weighted by atomic mass is 16.5. The topological polar surface area (TPSA) is 151 Å². The van der Waals surface area contributed by atoms with Crippen LogP contribution < -0.4 is 0 Å². The highest BCUT2D eigenvalue weighted by Crippen LogP contribution is 2.48. The summed E-state index contributed by atoms with van der Waals surface area (Å²) in [6.45, 7) is 12.0. The molecular formula is C44H56N6O6. The number of ether oxygens (including phenoxy) is 2. The number of hydrogen-bond donors (Lipinski definition) is 2. The predicted molar refractivity (Wildman–Crippen MR) is 220 cm³/mol. The van der Waals surface area contributed by atoms with Crippen LogP contribution in [-0.4, -0.2) is 95.9 Å². The fourth-order valence-electron chi connectivity index (χ4n) is 8.04. The van der Waals surface area contributed by atoms with Crippen LogP contribution >= 0.6 is 0 Å². The second-order valence-corrected chi connectivity index (χ2v) is 15.6. The summed E-state index contributed by atoms with van der Waals surface area (Å²) < 4.78 is 10.0. The summed E-state index contributed by atoms with van der Waals surface area (Å²) in [6, 6.07) is 8.02. The molecule has 2 aliphatic rings. The van der Waals surface area contributed by atoms with E-state index in [1.54, 1.807) is 38.0 Å². The Morgan fingerprint density at radius 2 is 1.04 bits per heavy atom. The van der Waals surface area contributed by atoms with E-state index in [0.717, 1.165) is 55.5 Å². The van der Waals surface area contributed by atoms with Crippen molar-refractivity contribution in [3.63, 3.8) is 0 Å². The first-order valence-electron chi connectivity index (χ1n) is 19.0. The van der Waals surface area contributed by atoms with Gasteiger partial charge in [-0.1, -0.05) is 12.2 Å². The first-order valence-corrected chi connectivity index (χ1v) is 19.0. The molecule has 0 spiro atoms. The van der Waals surface area contributed by atoms with Crippen LogP contribution in [0.3, 0.4) is 0 Å². The first-order chi connectivity index (χ1) is 26.4. The fourth-order valence-corrected chi connectivity index (χ4v) is 8.04. The molecule has 0 saturated heterocycles. The molecule has 0 unspecified atom stereocenters. The lowest BCUT2D eigenvalue weighted by atomic mass is 9.74. The summed E-state index contributed by atoms with van der Waals surface area (Å²) in [6.07, 6.45) is 5.58. The van der Waals surface area contributed by atoms with E-state index in [4.69, 9.17) is 19.4 Å². The molecule has 5 heterocycles. The van der Waals surface area contributed by atoms with Gasteiger partial charge < -0.3 is 29.2 Å². The van der Waals surface area contributed by atoms with Crippen LogP contribution in [-0.2, 0) is 52.3 Å². The Morgan fingerprint density at radius 3 is 1.43 bits per heavy atom. The van der Waals surface area contributed by atoms with E-state index in [1.807, 2.05) is 78.0 Å². The monoisotopic (exact) mass is 764 g/mol. The van der Waals surface area contributed by atoms with Crippen molar-refractivity contribution in [3.8, 4) is 0 Å². The van der Waals surface area contributed by atoms with Crippen molar-refractivity contribution in [1.82, 2.24) is 29.7 Å². The smallest absolute Gasteiger partial charge is 0.305 e. The van der Waals surface area contributed by atoms with Crippen molar-refractivity contribution in [2.24, 2.45) is 0 Å². The van der Waals surface area contributed by atoms with Crippen molar-refractivity contribution in [2.45, 2.75) is 90.9 Å². The van der Waals surface area contributed by atoms with Gasteiger partial charge in [-0.25, -0.2) is 0 Å². The van der Waals surface area contributed by atoms with E-state index >= 15 is 0 Å². The van der Waals surface area contributed by atoms with Crippen LogP contribution in [0.15, 0.2) is 36.4 Å². The number of aryl methyl sites for hydroxylation is 4. The van der Waals surface area contributed by atoms with Crippen molar-refractivity contribution < 1.29 is 28.7 Å². The van der Waals surface area contributed by atoms with Gasteiger partial charge in [-0.05, 0) is 112 Å². The molecule has 3 aromatic rings. The van der Waals surface area contributed by atoms with Gasteiger partial charge in [-0.2, -0.15) is 0 Å². The molecule has 2 N–H and O–H groups in total. The van der Waals surface area contributed by atoms with Gasteiger partial charge in [0.2, 0.25) is 11.8 Å². The van der Waals surface area contributed by atoms with Gasteiger partial charge >= 0.3 is 11.9 Å².